The Labute approximate surface area is 140 Å². The van der Waals surface area contributed by atoms with Crippen LogP contribution < -0.4 is 10.5 Å². The molecular formula is C20H20N2O2. The minimum Gasteiger partial charge on any atom is -0.321 e. The van der Waals surface area contributed by atoms with Crippen molar-refractivity contribution in [1.82, 2.24) is 4.98 Å². The number of hydrogen-bond acceptors (Lipinski definition) is 2. The van der Waals surface area contributed by atoms with Crippen molar-refractivity contribution in [2.24, 2.45) is 0 Å². The van der Waals surface area contributed by atoms with Crippen LogP contribution in [0, 0.1) is 0 Å². The number of benzene rings is 2. The van der Waals surface area contributed by atoms with Crippen molar-refractivity contribution in [2.45, 2.75) is 20.3 Å². The summed E-state index contributed by atoms with van der Waals surface area (Å²) in [6, 6.07) is 17.0. The zero-order chi connectivity index (χ0) is 17.1. The Morgan fingerprint density at radius 3 is 2.42 bits per heavy atom. The van der Waals surface area contributed by atoms with Crippen molar-refractivity contribution < 1.29 is 4.79 Å². The number of H-pyrrole nitrogens is 1. The van der Waals surface area contributed by atoms with Crippen LogP contribution in [0.1, 0.15) is 29.8 Å². The van der Waals surface area contributed by atoms with Gasteiger partial charge in [0.1, 0.15) is 5.56 Å². The number of pyridine rings is 1. The third-order valence-corrected chi connectivity index (χ3v) is 4.20. The number of anilines is 1. The Morgan fingerprint density at radius 2 is 1.75 bits per heavy atom. The van der Waals surface area contributed by atoms with Gasteiger partial charge in [0.05, 0.1) is 0 Å². The molecule has 3 rings (SSSR count). The van der Waals surface area contributed by atoms with Crippen LogP contribution in [0.15, 0.2) is 59.4 Å². The predicted octanol–water partition coefficient (Wildman–Crippen LogP) is 3.76. The molecule has 0 spiro atoms. The zero-order valence-electron chi connectivity index (χ0n) is 13.9. The first-order valence-corrected chi connectivity index (χ1v) is 8.17. The Morgan fingerprint density at radius 1 is 1.04 bits per heavy atom. The summed E-state index contributed by atoms with van der Waals surface area (Å²) in [5, 5.41) is 0.845. The monoisotopic (exact) mass is 320 g/mol. The maximum absolute atomic E-state index is 12.9. The van der Waals surface area contributed by atoms with E-state index < -0.39 is 0 Å². The second-order valence-electron chi connectivity index (χ2n) is 5.67. The number of aromatic amines is 1. The fraction of sp³-hybridized carbons (Fsp3) is 0.200. The van der Waals surface area contributed by atoms with Crippen LogP contribution in [0.4, 0.5) is 5.69 Å². The number of nitrogens with zero attached hydrogens (tertiary/aromatic N) is 1. The van der Waals surface area contributed by atoms with E-state index >= 15 is 0 Å². The van der Waals surface area contributed by atoms with Gasteiger partial charge in [-0.3, -0.25) is 9.59 Å². The van der Waals surface area contributed by atoms with Crippen molar-refractivity contribution in [3.8, 4) is 0 Å². The lowest BCUT2D eigenvalue weighted by atomic mass is 10.1. The Balaban J connectivity index is 2.02. The molecule has 0 fully saturated rings. The molecule has 0 radical (unpaired) electrons. The molecule has 0 saturated carbocycles. The number of hydrogen-bond donors (Lipinski definition) is 1. The number of carbonyl (C=O) groups excluding carboxylic acids is 1. The molecule has 0 unspecified atom stereocenters. The minimum absolute atomic E-state index is 0.162. The van der Waals surface area contributed by atoms with Crippen molar-refractivity contribution in [3.05, 3.63) is 76.1 Å². The molecule has 1 amide bonds. The van der Waals surface area contributed by atoms with Gasteiger partial charge in [0.15, 0.2) is 0 Å². The van der Waals surface area contributed by atoms with Crippen LogP contribution in [0.25, 0.3) is 10.9 Å². The summed E-state index contributed by atoms with van der Waals surface area (Å²) < 4.78 is 0. The van der Waals surface area contributed by atoms with Gasteiger partial charge < -0.3 is 9.88 Å². The predicted molar refractivity (Wildman–Crippen MR) is 97.7 cm³/mol. The van der Waals surface area contributed by atoms with Crippen molar-refractivity contribution in [3.63, 3.8) is 0 Å². The minimum atomic E-state index is -0.359. The topological polar surface area (TPSA) is 53.2 Å². The van der Waals surface area contributed by atoms with E-state index in [1.54, 1.807) is 11.0 Å². The summed E-state index contributed by atoms with van der Waals surface area (Å²) in [7, 11) is 0. The normalized spacial score (nSPS) is 10.8. The van der Waals surface area contributed by atoms with Crippen LogP contribution in [0.3, 0.4) is 0 Å². The molecule has 0 aliphatic carbocycles. The molecule has 3 aromatic rings. The smallest absolute Gasteiger partial charge is 0.263 e. The lowest BCUT2D eigenvalue weighted by Crippen LogP contribution is -2.34. The van der Waals surface area contributed by atoms with Gasteiger partial charge in [-0.25, -0.2) is 0 Å². The van der Waals surface area contributed by atoms with Gasteiger partial charge in [0.2, 0.25) is 0 Å². The molecule has 4 nitrogen and oxygen atoms in total. The second kappa shape index (κ2) is 6.71. The fourth-order valence-corrected chi connectivity index (χ4v) is 2.81. The fourth-order valence-electron chi connectivity index (χ4n) is 2.81. The number of fused-ring (bicyclic) bond motifs is 1. The van der Waals surface area contributed by atoms with Gasteiger partial charge in [-0.1, -0.05) is 37.3 Å². The largest absolute Gasteiger partial charge is 0.321 e. The highest BCUT2D eigenvalue weighted by atomic mass is 16.2. The maximum Gasteiger partial charge on any atom is 0.263 e. The summed E-state index contributed by atoms with van der Waals surface area (Å²) in [4.78, 5) is 29.6. The van der Waals surface area contributed by atoms with E-state index in [1.807, 2.05) is 55.5 Å². The number of aryl methyl sites for hydroxylation is 1. The van der Waals surface area contributed by atoms with E-state index in [0.29, 0.717) is 6.54 Å². The molecule has 1 aromatic heterocycles. The highest BCUT2D eigenvalue weighted by Gasteiger charge is 2.19. The molecule has 0 aliphatic rings. The molecule has 4 heteroatoms. The van der Waals surface area contributed by atoms with Gasteiger partial charge in [-0.2, -0.15) is 0 Å². The lowest BCUT2D eigenvalue weighted by Gasteiger charge is -2.21. The van der Waals surface area contributed by atoms with Crippen LogP contribution >= 0.6 is 0 Å². The zero-order valence-corrected chi connectivity index (χ0v) is 13.9. The molecule has 0 atom stereocenters. The van der Waals surface area contributed by atoms with Gasteiger partial charge in [-0.05, 0) is 48.6 Å². The first-order valence-electron chi connectivity index (χ1n) is 8.17. The van der Waals surface area contributed by atoms with E-state index in [1.165, 1.54) is 5.56 Å². The first-order chi connectivity index (χ1) is 11.6. The van der Waals surface area contributed by atoms with Crippen molar-refractivity contribution >= 4 is 22.5 Å². The Kier molecular flexibility index (Phi) is 4.47. The molecule has 0 bridgehead atoms. The molecule has 0 saturated heterocycles. The number of nitrogens with one attached hydrogen (secondary N) is 1. The van der Waals surface area contributed by atoms with E-state index in [9.17, 15) is 9.59 Å². The molecule has 122 valence electrons. The number of rotatable bonds is 4. The van der Waals surface area contributed by atoms with Crippen LogP contribution in [-0.4, -0.2) is 17.4 Å². The second-order valence-corrected chi connectivity index (χ2v) is 5.67. The van der Waals surface area contributed by atoms with Gasteiger partial charge in [0, 0.05) is 17.7 Å². The van der Waals surface area contributed by atoms with Crippen LogP contribution in [-0.2, 0) is 6.42 Å². The maximum atomic E-state index is 12.9. The summed E-state index contributed by atoms with van der Waals surface area (Å²) >= 11 is 0. The molecule has 24 heavy (non-hydrogen) atoms. The van der Waals surface area contributed by atoms with E-state index in [-0.39, 0.29) is 17.0 Å². The summed E-state index contributed by atoms with van der Waals surface area (Å²) in [6.07, 6.45) is 0.949. The highest BCUT2D eigenvalue weighted by molar-refractivity contribution is 6.07. The first kappa shape index (κ1) is 16.0. The Hall–Kier alpha value is -2.88. The summed E-state index contributed by atoms with van der Waals surface area (Å²) in [5.74, 6) is -0.284. The lowest BCUT2D eigenvalue weighted by molar-refractivity contribution is 0.0987. The molecule has 1 heterocycles. The SMILES string of the molecule is CCc1ccc(N(CC)C(=O)c2cc3ccccc3[nH]c2=O)cc1. The van der Waals surface area contributed by atoms with Crippen molar-refractivity contribution in [2.75, 3.05) is 11.4 Å². The highest BCUT2D eigenvalue weighted by Crippen LogP contribution is 2.19. The number of para-hydroxylation sites is 1. The van der Waals surface area contributed by atoms with E-state index in [0.717, 1.165) is 23.0 Å². The summed E-state index contributed by atoms with van der Waals surface area (Å²) in [6.45, 7) is 4.49. The quantitative estimate of drug-likeness (QED) is 0.796. The third-order valence-electron chi connectivity index (χ3n) is 4.20. The van der Waals surface area contributed by atoms with Crippen LogP contribution in [0.2, 0.25) is 0 Å². The van der Waals surface area contributed by atoms with E-state index in [2.05, 4.69) is 11.9 Å². The Bertz CT molecular complexity index is 926. The summed E-state index contributed by atoms with van der Waals surface area (Å²) in [5.41, 5.74) is 2.55. The third kappa shape index (κ3) is 2.95. The molecular weight excluding hydrogens is 300 g/mol. The van der Waals surface area contributed by atoms with Gasteiger partial charge in [-0.15, -0.1) is 0 Å². The molecule has 2 aromatic carbocycles. The van der Waals surface area contributed by atoms with Gasteiger partial charge in [0.25, 0.3) is 11.5 Å². The average Bonchev–Trinajstić information content (AvgIpc) is 2.62. The van der Waals surface area contributed by atoms with E-state index in [4.69, 9.17) is 0 Å². The number of carbonyl (C=O) groups is 1. The number of aromatic nitrogens is 1. The molecule has 0 aliphatic heterocycles. The van der Waals surface area contributed by atoms with Gasteiger partial charge >= 0.3 is 0 Å². The molecule has 1 N–H and O–H groups in total. The van der Waals surface area contributed by atoms with Crippen LogP contribution in [0.5, 0.6) is 0 Å². The average molecular weight is 320 g/mol. The standard InChI is InChI=1S/C20H20N2O2/c1-3-14-9-11-16(12-10-14)22(4-2)20(24)17-13-15-7-5-6-8-18(15)21-19(17)23/h5-13H,3-4H2,1-2H3,(H,21,23). The van der Waals surface area contributed by atoms with Crippen molar-refractivity contribution in [1.29, 1.82) is 0 Å². The number of amides is 1.